The highest BCUT2D eigenvalue weighted by atomic mass is 16.6. The van der Waals surface area contributed by atoms with Crippen LogP contribution in [0.1, 0.15) is 24.0 Å². The van der Waals surface area contributed by atoms with Crippen LogP contribution in [-0.4, -0.2) is 47.5 Å². The van der Waals surface area contributed by atoms with Gasteiger partial charge in [-0.1, -0.05) is 0 Å². The Balaban J connectivity index is 1.78. The minimum Gasteiger partial charge on any atom is -0.491 e. The summed E-state index contributed by atoms with van der Waals surface area (Å²) in [5.74, 6) is 1.04. The molecule has 1 heterocycles. The SMILES string of the molecule is O=[N+]([O-])c1ccc2c(c1)CCC(O)CCc1cc([N+](=O)[O-])ccc1OCCOCCO2. The molecule has 0 unspecified atom stereocenters. The van der Waals surface area contributed by atoms with Crippen molar-refractivity contribution in [3.63, 3.8) is 0 Å². The fourth-order valence-electron chi connectivity index (χ4n) is 3.34. The second-order valence-corrected chi connectivity index (χ2v) is 7.14. The number of aliphatic hydroxyl groups excluding tert-OH is 1. The quantitative estimate of drug-likeness (QED) is 0.565. The molecule has 31 heavy (non-hydrogen) atoms. The minimum absolute atomic E-state index is 0.0409. The molecular formula is C21H24N2O8. The minimum atomic E-state index is -0.699. The van der Waals surface area contributed by atoms with Gasteiger partial charge in [0.15, 0.2) is 0 Å². The zero-order valence-corrected chi connectivity index (χ0v) is 16.9. The summed E-state index contributed by atoms with van der Waals surface area (Å²) >= 11 is 0. The lowest BCUT2D eigenvalue weighted by molar-refractivity contribution is -0.385. The number of rotatable bonds is 2. The van der Waals surface area contributed by atoms with Crippen LogP contribution in [0, 0.1) is 20.2 Å². The molecule has 0 bridgehead atoms. The standard InChI is InChI=1S/C21H24N2O8/c24-19-5-1-15-13-17(22(25)26)3-7-20(15)30-11-9-29-10-12-31-21-8-4-18(23(27)28)14-16(21)2-6-19/h3-4,7-8,13-14,19,24H,1-2,5-6,9-12H2. The molecule has 1 aliphatic heterocycles. The molecule has 1 N–H and O–H groups in total. The molecule has 2 aromatic rings. The number of aryl methyl sites for hydroxylation is 2. The van der Waals surface area contributed by atoms with Crippen LogP contribution in [0.15, 0.2) is 36.4 Å². The van der Waals surface area contributed by atoms with Gasteiger partial charge in [-0.05, 0) is 37.8 Å². The molecule has 10 heteroatoms. The predicted molar refractivity (Wildman–Crippen MR) is 111 cm³/mol. The van der Waals surface area contributed by atoms with Crippen molar-refractivity contribution in [2.75, 3.05) is 26.4 Å². The molecular weight excluding hydrogens is 408 g/mol. The Morgan fingerprint density at radius 2 is 1.23 bits per heavy atom. The molecule has 0 saturated carbocycles. The molecule has 2 aromatic carbocycles. The van der Waals surface area contributed by atoms with Crippen LogP contribution in [0.5, 0.6) is 11.5 Å². The highest BCUT2D eigenvalue weighted by Gasteiger charge is 2.17. The van der Waals surface area contributed by atoms with Gasteiger partial charge in [-0.3, -0.25) is 20.2 Å². The average Bonchev–Trinajstić information content (AvgIpc) is 2.75. The van der Waals surface area contributed by atoms with E-state index in [-0.39, 0.29) is 24.6 Å². The van der Waals surface area contributed by atoms with E-state index in [1.165, 1.54) is 24.3 Å². The molecule has 0 fully saturated rings. The number of fused-ring (bicyclic) bond motifs is 2. The van der Waals surface area contributed by atoms with E-state index in [2.05, 4.69) is 0 Å². The maximum absolute atomic E-state index is 11.1. The zero-order chi connectivity index (χ0) is 22.2. The summed E-state index contributed by atoms with van der Waals surface area (Å²) in [5.41, 5.74) is 1.20. The number of hydrogen-bond donors (Lipinski definition) is 1. The van der Waals surface area contributed by atoms with Crippen LogP contribution in [0.25, 0.3) is 0 Å². The lowest BCUT2D eigenvalue weighted by atomic mass is 9.99. The van der Waals surface area contributed by atoms with E-state index >= 15 is 0 Å². The molecule has 0 aromatic heterocycles. The fourth-order valence-corrected chi connectivity index (χ4v) is 3.34. The Morgan fingerprint density at radius 3 is 1.65 bits per heavy atom. The Kier molecular flexibility index (Phi) is 7.74. The Bertz CT molecular complexity index is 860. The summed E-state index contributed by atoms with van der Waals surface area (Å²) < 4.78 is 16.9. The van der Waals surface area contributed by atoms with Crippen LogP contribution in [0.4, 0.5) is 11.4 Å². The van der Waals surface area contributed by atoms with Crippen molar-refractivity contribution in [3.05, 3.63) is 67.8 Å². The van der Waals surface area contributed by atoms with Crippen molar-refractivity contribution in [3.8, 4) is 11.5 Å². The van der Waals surface area contributed by atoms with Gasteiger partial charge in [-0.25, -0.2) is 0 Å². The van der Waals surface area contributed by atoms with Crippen LogP contribution >= 0.6 is 0 Å². The molecule has 0 aliphatic carbocycles. The van der Waals surface area contributed by atoms with E-state index in [0.717, 1.165) is 0 Å². The van der Waals surface area contributed by atoms with Crippen molar-refractivity contribution in [2.24, 2.45) is 0 Å². The van der Waals surface area contributed by atoms with Crippen molar-refractivity contribution in [1.29, 1.82) is 0 Å². The zero-order valence-electron chi connectivity index (χ0n) is 16.9. The molecule has 0 atom stereocenters. The van der Waals surface area contributed by atoms with Crippen LogP contribution in [0.2, 0.25) is 0 Å². The van der Waals surface area contributed by atoms with Gasteiger partial charge in [0.1, 0.15) is 24.7 Å². The van der Waals surface area contributed by atoms with Crippen molar-refractivity contribution < 1.29 is 29.2 Å². The lowest BCUT2D eigenvalue weighted by Crippen LogP contribution is -2.15. The molecule has 1 aliphatic rings. The van der Waals surface area contributed by atoms with Crippen LogP contribution < -0.4 is 9.47 Å². The van der Waals surface area contributed by atoms with E-state index < -0.39 is 16.0 Å². The molecule has 166 valence electrons. The number of nitro benzene ring substituents is 2. The topological polar surface area (TPSA) is 134 Å². The van der Waals surface area contributed by atoms with Crippen molar-refractivity contribution in [1.82, 2.24) is 0 Å². The number of nitrogens with zero attached hydrogens (tertiary/aromatic N) is 2. The van der Waals surface area contributed by atoms with Gasteiger partial charge in [-0.2, -0.15) is 0 Å². The summed E-state index contributed by atoms with van der Waals surface area (Å²) in [6, 6.07) is 8.79. The van der Waals surface area contributed by atoms with Crippen LogP contribution in [-0.2, 0) is 17.6 Å². The second-order valence-electron chi connectivity index (χ2n) is 7.14. The molecule has 0 spiro atoms. The number of benzene rings is 2. The first-order valence-electron chi connectivity index (χ1n) is 10.00. The van der Waals surface area contributed by atoms with Gasteiger partial charge in [0, 0.05) is 35.4 Å². The monoisotopic (exact) mass is 432 g/mol. The van der Waals surface area contributed by atoms with E-state index in [1.54, 1.807) is 12.1 Å². The van der Waals surface area contributed by atoms with E-state index in [0.29, 0.717) is 61.5 Å². The normalized spacial score (nSPS) is 16.3. The first kappa shape index (κ1) is 22.4. The largest absolute Gasteiger partial charge is 0.491 e. The van der Waals surface area contributed by atoms with E-state index in [9.17, 15) is 25.3 Å². The average molecular weight is 432 g/mol. The maximum atomic E-state index is 11.1. The second kappa shape index (κ2) is 10.7. The van der Waals surface area contributed by atoms with Gasteiger partial charge >= 0.3 is 0 Å². The first-order valence-corrected chi connectivity index (χ1v) is 10.00. The van der Waals surface area contributed by atoms with Gasteiger partial charge < -0.3 is 19.3 Å². The van der Waals surface area contributed by atoms with Gasteiger partial charge in [-0.15, -0.1) is 0 Å². The van der Waals surface area contributed by atoms with E-state index in [1.807, 2.05) is 0 Å². The Hall–Kier alpha value is -3.24. The summed E-state index contributed by atoms with van der Waals surface area (Å²) in [6.45, 7) is 1.12. The molecule has 0 radical (unpaired) electrons. The van der Waals surface area contributed by atoms with E-state index in [4.69, 9.17) is 14.2 Å². The fraction of sp³-hybridized carbons (Fsp3) is 0.429. The molecule has 0 saturated heterocycles. The third-order valence-corrected chi connectivity index (χ3v) is 4.97. The lowest BCUT2D eigenvalue weighted by Gasteiger charge is -2.16. The maximum Gasteiger partial charge on any atom is 0.269 e. The van der Waals surface area contributed by atoms with Crippen LogP contribution in [0.3, 0.4) is 0 Å². The summed E-state index contributed by atoms with van der Waals surface area (Å²) in [5, 5.41) is 32.7. The number of nitro groups is 2. The Morgan fingerprint density at radius 1 is 0.774 bits per heavy atom. The van der Waals surface area contributed by atoms with Crippen molar-refractivity contribution >= 4 is 11.4 Å². The number of ether oxygens (including phenoxy) is 3. The summed E-state index contributed by atoms with van der Waals surface area (Å²) in [4.78, 5) is 21.3. The molecule has 10 nitrogen and oxygen atoms in total. The number of aliphatic hydroxyl groups is 1. The van der Waals surface area contributed by atoms with Gasteiger partial charge in [0.25, 0.3) is 11.4 Å². The predicted octanol–water partition coefficient (Wildman–Crippen LogP) is 3.22. The number of hydrogen-bond acceptors (Lipinski definition) is 8. The highest BCUT2D eigenvalue weighted by molar-refractivity contribution is 5.45. The highest BCUT2D eigenvalue weighted by Crippen LogP contribution is 2.28. The third kappa shape index (κ3) is 6.37. The Labute approximate surface area is 178 Å². The summed E-state index contributed by atoms with van der Waals surface area (Å²) in [7, 11) is 0. The molecule has 0 amide bonds. The first-order chi connectivity index (χ1) is 14.9. The van der Waals surface area contributed by atoms with Crippen molar-refractivity contribution in [2.45, 2.75) is 31.8 Å². The smallest absolute Gasteiger partial charge is 0.269 e. The number of non-ortho nitro benzene ring substituents is 2. The summed E-state index contributed by atoms with van der Waals surface area (Å²) in [6.07, 6.45) is 0.794. The molecule has 3 rings (SSSR count). The van der Waals surface area contributed by atoms with Gasteiger partial charge in [0.05, 0.1) is 29.2 Å². The third-order valence-electron chi connectivity index (χ3n) is 4.97. The van der Waals surface area contributed by atoms with Gasteiger partial charge in [0.2, 0.25) is 0 Å².